The van der Waals surface area contributed by atoms with E-state index in [1.165, 1.54) is 17.0 Å². The highest BCUT2D eigenvalue weighted by molar-refractivity contribution is 7.17. The number of halogens is 4. The van der Waals surface area contributed by atoms with Gasteiger partial charge in [0.25, 0.3) is 5.91 Å². The van der Waals surface area contributed by atoms with Gasteiger partial charge in [0, 0.05) is 16.0 Å². The van der Waals surface area contributed by atoms with Crippen LogP contribution in [0, 0.1) is 13.8 Å². The molecule has 1 fully saturated rings. The SMILES string of the molecule is Cc1c(C=O)sc(-c2cc(-c3ccc(C(=O)N4CC(F)C4)cc3)ccc2C(F)(F)F)c1C. The summed E-state index contributed by atoms with van der Waals surface area (Å²) in [6.07, 6.45) is -4.89. The van der Waals surface area contributed by atoms with Gasteiger partial charge in [-0.25, -0.2) is 4.39 Å². The van der Waals surface area contributed by atoms with Crippen LogP contribution in [-0.2, 0) is 6.18 Å². The van der Waals surface area contributed by atoms with Gasteiger partial charge in [-0.3, -0.25) is 9.59 Å². The lowest BCUT2D eigenvalue weighted by molar-refractivity contribution is -0.137. The number of amides is 1. The molecule has 166 valence electrons. The zero-order valence-corrected chi connectivity index (χ0v) is 18.1. The highest BCUT2D eigenvalue weighted by Crippen LogP contribution is 2.44. The summed E-state index contributed by atoms with van der Waals surface area (Å²) in [6, 6.07) is 10.4. The first-order chi connectivity index (χ1) is 15.1. The molecule has 1 aliphatic heterocycles. The second-order valence-corrected chi connectivity index (χ2v) is 8.86. The molecule has 1 aromatic heterocycles. The summed E-state index contributed by atoms with van der Waals surface area (Å²) >= 11 is 1.04. The molecular weight excluding hydrogens is 442 g/mol. The number of benzene rings is 2. The Morgan fingerprint density at radius 1 is 1.03 bits per heavy atom. The average molecular weight is 461 g/mol. The number of likely N-dealkylation sites (tertiary alicyclic amines) is 1. The van der Waals surface area contributed by atoms with E-state index in [4.69, 9.17) is 0 Å². The summed E-state index contributed by atoms with van der Waals surface area (Å²) in [7, 11) is 0. The molecule has 2 heterocycles. The molecule has 0 saturated carbocycles. The van der Waals surface area contributed by atoms with Crippen LogP contribution in [0.1, 0.15) is 36.7 Å². The third kappa shape index (κ3) is 3.95. The van der Waals surface area contributed by atoms with Gasteiger partial charge in [-0.1, -0.05) is 18.2 Å². The van der Waals surface area contributed by atoms with Gasteiger partial charge in [-0.05, 0) is 60.4 Å². The van der Waals surface area contributed by atoms with Crippen molar-refractivity contribution in [1.29, 1.82) is 0 Å². The summed E-state index contributed by atoms with van der Waals surface area (Å²) in [6.45, 7) is 3.57. The first kappa shape index (κ1) is 22.2. The maximum atomic E-state index is 13.7. The lowest BCUT2D eigenvalue weighted by Gasteiger charge is -2.34. The molecule has 0 unspecified atom stereocenters. The molecule has 0 N–H and O–H groups in total. The summed E-state index contributed by atoms with van der Waals surface area (Å²) in [5.41, 5.74) is 2.15. The molecule has 1 aliphatic rings. The van der Waals surface area contributed by atoms with E-state index in [1.807, 2.05) is 0 Å². The zero-order valence-electron chi connectivity index (χ0n) is 17.3. The Labute approximate surface area is 186 Å². The Balaban J connectivity index is 1.74. The van der Waals surface area contributed by atoms with Gasteiger partial charge in [-0.2, -0.15) is 13.2 Å². The van der Waals surface area contributed by atoms with Crippen LogP contribution in [-0.4, -0.2) is 36.4 Å². The van der Waals surface area contributed by atoms with Crippen molar-refractivity contribution in [2.75, 3.05) is 13.1 Å². The molecule has 3 aromatic rings. The minimum absolute atomic E-state index is 0.0171. The molecule has 0 radical (unpaired) electrons. The maximum absolute atomic E-state index is 13.7. The quantitative estimate of drug-likeness (QED) is 0.337. The van der Waals surface area contributed by atoms with E-state index >= 15 is 0 Å². The van der Waals surface area contributed by atoms with Gasteiger partial charge in [0.05, 0.1) is 23.5 Å². The molecule has 1 saturated heterocycles. The first-order valence-corrected chi connectivity index (χ1v) is 10.7. The topological polar surface area (TPSA) is 37.4 Å². The van der Waals surface area contributed by atoms with Crippen LogP contribution in [0.4, 0.5) is 17.6 Å². The van der Waals surface area contributed by atoms with Crippen molar-refractivity contribution in [3.05, 3.63) is 69.6 Å². The molecule has 0 atom stereocenters. The monoisotopic (exact) mass is 461 g/mol. The zero-order chi connectivity index (χ0) is 23.2. The van der Waals surface area contributed by atoms with E-state index in [0.717, 1.165) is 17.4 Å². The van der Waals surface area contributed by atoms with Crippen molar-refractivity contribution < 1.29 is 27.2 Å². The molecule has 3 nitrogen and oxygen atoms in total. The molecule has 0 bridgehead atoms. The number of carbonyl (C=O) groups excluding carboxylic acids is 2. The maximum Gasteiger partial charge on any atom is 0.417 e. The Bertz CT molecular complexity index is 1190. The minimum atomic E-state index is -4.55. The number of alkyl halides is 4. The van der Waals surface area contributed by atoms with Gasteiger partial charge in [0.2, 0.25) is 0 Å². The van der Waals surface area contributed by atoms with E-state index in [1.54, 1.807) is 38.1 Å². The number of carbonyl (C=O) groups is 2. The van der Waals surface area contributed by atoms with E-state index in [9.17, 15) is 27.2 Å². The number of nitrogens with zero attached hydrogens (tertiary/aromatic N) is 1. The second-order valence-electron chi connectivity index (χ2n) is 7.81. The summed E-state index contributed by atoms with van der Waals surface area (Å²) in [4.78, 5) is 25.8. The normalized spacial score (nSPS) is 14.4. The fourth-order valence-electron chi connectivity index (χ4n) is 3.72. The highest BCUT2D eigenvalue weighted by atomic mass is 32.1. The largest absolute Gasteiger partial charge is 0.417 e. The highest BCUT2D eigenvalue weighted by Gasteiger charge is 2.35. The van der Waals surface area contributed by atoms with Gasteiger partial charge >= 0.3 is 6.18 Å². The molecular formula is C24H19F4NO2S. The fourth-order valence-corrected chi connectivity index (χ4v) is 4.88. The van der Waals surface area contributed by atoms with Crippen LogP contribution in [0.25, 0.3) is 21.6 Å². The number of hydrogen-bond acceptors (Lipinski definition) is 3. The Morgan fingerprint density at radius 2 is 1.66 bits per heavy atom. The van der Waals surface area contributed by atoms with Crippen LogP contribution in [0.5, 0.6) is 0 Å². The lowest BCUT2D eigenvalue weighted by atomic mass is 9.95. The van der Waals surface area contributed by atoms with Crippen LogP contribution in [0.15, 0.2) is 42.5 Å². The number of rotatable bonds is 4. The van der Waals surface area contributed by atoms with Gasteiger partial charge in [-0.15, -0.1) is 11.3 Å². The number of thiophene rings is 1. The van der Waals surface area contributed by atoms with Crippen LogP contribution < -0.4 is 0 Å². The van der Waals surface area contributed by atoms with Crippen molar-refractivity contribution in [2.24, 2.45) is 0 Å². The van der Waals surface area contributed by atoms with E-state index in [2.05, 4.69) is 0 Å². The predicted octanol–water partition coefficient (Wildman–Crippen LogP) is 6.32. The van der Waals surface area contributed by atoms with Crippen molar-refractivity contribution >= 4 is 23.5 Å². The molecule has 32 heavy (non-hydrogen) atoms. The third-order valence-corrected chi connectivity index (χ3v) is 7.10. The molecule has 0 spiro atoms. The van der Waals surface area contributed by atoms with E-state index in [0.29, 0.717) is 43.9 Å². The Hall–Kier alpha value is -3.00. The lowest BCUT2D eigenvalue weighted by Crippen LogP contribution is -2.51. The molecule has 8 heteroatoms. The Morgan fingerprint density at radius 3 is 2.19 bits per heavy atom. The molecule has 1 amide bonds. The van der Waals surface area contributed by atoms with Gasteiger partial charge in [0.15, 0.2) is 6.29 Å². The van der Waals surface area contributed by atoms with Crippen molar-refractivity contribution in [2.45, 2.75) is 26.2 Å². The van der Waals surface area contributed by atoms with Crippen LogP contribution >= 0.6 is 11.3 Å². The fraction of sp³-hybridized carbons (Fsp3) is 0.250. The second kappa shape index (κ2) is 8.16. The third-order valence-electron chi connectivity index (χ3n) is 5.75. The van der Waals surface area contributed by atoms with Gasteiger partial charge in [0.1, 0.15) is 6.17 Å². The molecule has 4 rings (SSSR count). The van der Waals surface area contributed by atoms with Gasteiger partial charge < -0.3 is 4.90 Å². The summed E-state index contributed by atoms with van der Waals surface area (Å²) in [5.74, 6) is -0.273. The van der Waals surface area contributed by atoms with Crippen molar-refractivity contribution in [3.8, 4) is 21.6 Å². The standard InChI is InChI=1S/C24H19F4NO2S/c1-13-14(2)22(32-21(13)12-30)19-9-17(7-8-20(19)24(26,27)28)15-3-5-16(6-4-15)23(31)29-10-18(25)11-29/h3-9,12,18H,10-11H2,1-2H3. The minimum Gasteiger partial charge on any atom is -0.333 e. The number of hydrogen-bond donors (Lipinski definition) is 0. The van der Waals surface area contributed by atoms with Crippen LogP contribution in [0.3, 0.4) is 0 Å². The summed E-state index contributed by atoms with van der Waals surface area (Å²) in [5, 5.41) is 0. The van der Waals surface area contributed by atoms with E-state index < -0.39 is 17.9 Å². The van der Waals surface area contributed by atoms with E-state index in [-0.39, 0.29) is 24.6 Å². The number of aldehydes is 1. The first-order valence-electron chi connectivity index (χ1n) is 9.90. The van der Waals surface area contributed by atoms with Crippen molar-refractivity contribution in [1.82, 2.24) is 4.90 Å². The summed E-state index contributed by atoms with van der Waals surface area (Å²) < 4.78 is 54.2. The Kier molecular flexibility index (Phi) is 5.67. The molecule has 2 aromatic carbocycles. The van der Waals surface area contributed by atoms with Crippen LogP contribution in [0.2, 0.25) is 0 Å². The molecule has 0 aliphatic carbocycles. The average Bonchev–Trinajstić information content (AvgIpc) is 3.04. The van der Waals surface area contributed by atoms with Crippen molar-refractivity contribution in [3.63, 3.8) is 0 Å². The smallest absolute Gasteiger partial charge is 0.333 e. The predicted molar refractivity (Wildman–Crippen MR) is 116 cm³/mol.